The molecule has 6 heteroatoms. The zero-order valence-electron chi connectivity index (χ0n) is 18.0. The Balaban J connectivity index is 1.88. The minimum Gasteiger partial charge on any atom is -0.489 e. The van der Waals surface area contributed by atoms with Gasteiger partial charge in [0.25, 0.3) is 0 Å². The molecule has 0 radical (unpaired) electrons. The van der Waals surface area contributed by atoms with Crippen molar-refractivity contribution in [2.75, 3.05) is 6.26 Å². The van der Waals surface area contributed by atoms with Gasteiger partial charge in [-0.3, -0.25) is 4.79 Å². The summed E-state index contributed by atoms with van der Waals surface area (Å²) in [6.45, 7) is 4.43. The standard InChI is InChI=1S/C25H28O4S2/c1-4-19(25(26)27)13-22(21-8-6-5-7-17(21)2)29-23-14-20(9-10-24(23)30-3)28-15-18-11-12-31-16-18/h5-12,14,16,19,22H,4,13,15H2,1-3H3,(H,26,27). The third-order valence-electron chi connectivity index (χ3n) is 5.27. The van der Waals surface area contributed by atoms with Crippen LogP contribution in [0.5, 0.6) is 11.5 Å². The van der Waals surface area contributed by atoms with Crippen molar-refractivity contribution in [1.29, 1.82) is 0 Å². The highest BCUT2D eigenvalue weighted by Crippen LogP contribution is 2.37. The fourth-order valence-corrected chi connectivity index (χ4v) is 4.59. The topological polar surface area (TPSA) is 55.8 Å². The Morgan fingerprint density at radius 2 is 2.00 bits per heavy atom. The molecule has 0 amide bonds. The van der Waals surface area contributed by atoms with Crippen LogP contribution in [0.2, 0.25) is 0 Å². The number of hydrogen-bond donors (Lipinski definition) is 1. The Hall–Kier alpha value is -2.44. The van der Waals surface area contributed by atoms with E-state index in [1.165, 1.54) is 0 Å². The van der Waals surface area contributed by atoms with Crippen LogP contribution in [0, 0.1) is 12.8 Å². The summed E-state index contributed by atoms with van der Waals surface area (Å²) in [5.74, 6) is 0.180. The molecule has 31 heavy (non-hydrogen) atoms. The van der Waals surface area contributed by atoms with E-state index in [1.54, 1.807) is 23.1 Å². The first kappa shape index (κ1) is 23.2. The molecule has 0 aliphatic rings. The number of carboxylic acid groups (broad SMARTS) is 1. The number of thioether (sulfide) groups is 1. The maximum Gasteiger partial charge on any atom is 0.306 e. The molecule has 2 unspecified atom stereocenters. The van der Waals surface area contributed by atoms with E-state index in [0.717, 1.165) is 27.3 Å². The largest absolute Gasteiger partial charge is 0.489 e. The van der Waals surface area contributed by atoms with Crippen molar-refractivity contribution in [3.63, 3.8) is 0 Å². The number of carboxylic acids is 1. The number of carbonyl (C=O) groups is 1. The lowest BCUT2D eigenvalue weighted by molar-refractivity contribution is -0.142. The number of benzene rings is 2. The molecular formula is C25H28O4S2. The number of ether oxygens (including phenoxy) is 2. The van der Waals surface area contributed by atoms with Gasteiger partial charge in [-0.1, -0.05) is 31.2 Å². The molecule has 1 N–H and O–H groups in total. The molecule has 0 aliphatic heterocycles. The van der Waals surface area contributed by atoms with Crippen LogP contribution in [0.4, 0.5) is 0 Å². The van der Waals surface area contributed by atoms with Crippen LogP contribution in [0.15, 0.2) is 64.2 Å². The summed E-state index contributed by atoms with van der Waals surface area (Å²) in [5, 5.41) is 13.7. The molecule has 0 spiro atoms. The predicted molar refractivity (Wildman–Crippen MR) is 127 cm³/mol. The van der Waals surface area contributed by atoms with Crippen molar-refractivity contribution in [2.45, 2.75) is 44.3 Å². The van der Waals surface area contributed by atoms with E-state index in [2.05, 4.69) is 5.38 Å². The van der Waals surface area contributed by atoms with Gasteiger partial charge in [-0.2, -0.15) is 11.3 Å². The van der Waals surface area contributed by atoms with E-state index in [4.69, 9.17) is 9.47 Å². The van der Waals surface area contributed by atoms with E-state index in [1.807, 2.05) is 74.0 Å². The van der Waals surface area contributed by atoms with Crippen LogP contribution in [0.3, 0.4) is 0 Å². The van der Waals surface area contributed by atoms with Gasteiger partial charge in [-0.25, -0.2) is 0 Å². The zero-order valence-corrected chi connectivity index (χ0v) is 19.7. The molecule has 0 saturated carbocycles. The Morgan fingerprint density at radius 3 is 2.65 bits per heavy atom. The third-order valence-corrected chi connectivity index (χ3v) is 6.78. The van der Waals surface area contributed by atoms with Gasteiger partial charge in [0.05, 0.1) is 5.92 Å². The Bertz CT molecular complexity index is 985. The van der Waals surface area contributed by atoms with Gasteiger partial charge in [0, 0.05) is 17.4 Å². The van der Waals surface area contributed by atoms with Gasteiger partial charge in [-0.15, -0.1) is 11.8 Å². The molecule has 164 valence electrons. The molecular weight excluding hydrogens is 428 g/mol. The molecule has 2 atom stereocenters. The summed E-state index contributed by atoms with van der Waals surface area (Å²) in [4.78, 5) is 12.7. The van der Waals surface area contributed by atoms with Gasteiger partial charge >= 0.3 is 5.97 Å². The second-order valence-corrected chi connectivity index (χ2v) is 9.00. The highest BCUT2D eigenvalue weighted by Gasteiger charge is 2.25. The Morgan fingerprint density at radius 1 is 1.19 bits per heavy atom. The van der Waals surface area contributed by atoms with E-state index in [9.17, 15) is 9.90 Å². The van der Waals surface area contributed by atoms with Crippen molar-refractivity contribution in [3.8, 4) is 11.5 Å². The SMILES string of the molecule is CCC(CC(Oc1cc(OCc2ccsc2)ccc1SC)c1ccccc1C)C(=O)O. The number of aryl methyl sites for hydroxylation is 1. The monoisotopic (exact) mass is 456 g/mol. The second kappa shape index (κ2) is 11.3. The fourth-order valence-electron chi connectivity index (χ4n) is 3.42. The van der Waals surface area contributed by atoms with Crippen LogP contribution in [0.1, 0.15) is 42.6 Å². The minimum absolute atomic E-state index is 0.361. The molecule has 2 aromatic carbocycles. The lowest BCUT2D eigenvalue weighted by Gasteiger charge is -2.25. The summed E-state index contributed by atoms with van der Waals surface area (Å²) in [6, 6.07) is 15.9. The molecule has 1 aromatic heterocycles. The van der Waals surface area contributed by atoms with Gasteiger partial charge in [0.1, 0.15) is 24.2 Å². The average Bonchev–Trinajstić information content (AvgIpc) is 3.29. The molecule has 1 heterocycles. The molecule has 4 nitrogen and oxygen atoms in total. The molecule has 3 aromatic rings. The van der Waals surface area contributed by atoms with Crippen molar-refractivity contribution in [2.24, 2.45) is 5.92 Å². The first-order valence-corrected chi connectivity index (χ1v) is 12.5. The van der Waals surface area contributed by atoms with E-state index in [0.29, 0.717) is 25.2 Å². The molecule has 0 fully saturated rings. The first-order valence-electron chi connectivity index (χ1n) is 10.3. The maximum atomic E-state index is 11.7. The van der Waals surface area contributed by atoms with E-state index >= 15 is 0 Å². The molecule has 3 rings (SSSR count). The van der Waals surface area contributed by atoms with E-state index < -0.39 is 11.9 Å². The van der Waals surface area contributed by atoms with Gasteiger partial charge < -0.3 is 14.6 Å². The zero-order chi connectivity index (χ0) is 22.2. The van der Waals surface area contributed by atoms with Crippen molar-refractivity contribution < 1.29 is 19.4 Å². The maximum absolute atomic E-state index is 11.7. The predicted octanol–water partition coefficient (Wildman–Crippen LogP) is 6.98. The third kappa shape index (κ3) is 6.28. The number of aliphatic carboxylic acids is 1. The fraction of sp³-hybridized carbons (Fsp3) is 0.320. The highest BCUT2D eigenvalue weighted by atomic mass is 32.2. The van der Waals surface area contributed by atoms with E-state index in [-0.39, 0.29) is 6.10 Å². The van der Waals surface area contributed by atoms with Crippen LogP contribution in [-0.4, -0.2) is 17.3 Å². The summed E-state index contributed by atoms with van der Waals surface area (Å²) < 4.78 is 12.5. The molecule has 0 aliphatic carbocycles. The minimum atomic E-state index is -0.789. The molecule has 0 bridgehead atoms. The normalized spacial score (nSPS) is 12.9. The lowest BCUT2D eigenvalue weighted by Crippen LogP contribution is -2.20. The lowest BCUT2D eigenvalue weighted by atomic mass is 9.92. The average molecular weight is 457 g/mol. The number of thiophene rings is 1. The van der Waals surface area contributed by atoms with Crippen molar-refractivity contribution in [3.05, 3.63) is 76.0 Å². The molecule has 0 saturated heterocycles. The van der Waals surface area contributed by atoms with Gasteiger partial charge in [0.15, 0.2) is 0 Å². The van der Waals surface area contributed by atoms with Crippen LogP contribution < -0.4 is 9.47 Å². The summed E-state index contributed by atoms with van der Waals surface area (Å²) in [6.07, 6.45) is 2.61. The number of rotatable bonds is 11. The summed E-state index contributed by atoms with van der Waals surface area (Å²) in [5.41, 5.74) is 3.23. The Kier molecular flexibility index (Phi) is 8.43. The second-order valence-electron chi connectivity index (χ2n) is 7.38. The summed E-state index contributed by atoms with van der Waals surface area (Å²) in [7, 11) is 0. The summed E-state index contributed by atoms with van der Waals surface area (Å²) >= 11 is 3.24. The van der Waals surface area contributed by atoms with Crippen LogP contribution in [0.25, 0.3) is 0 Å². The van der Waals surface area contributed by atoms with Crippen molar-refractivity contribution >= 4 is 29.1 Å². The van der Waals surface area contributed by atoms with Crippen LogP contribution >= 0.6 is 23.1 Å². The Labute approximate surface area is 192 Å². The van der Waals surface area contributed by atoms with Gasteiger partial charge in [0.2, 0.25) is 0 Å². The highest BCUT2D eigenvalue weighted by molar-refractivity contribution is 7.98. The van der Waals surface area contributed by atoms with Crippen molar-refractivity contribution in [1.82, 2.24) is 0 Å². The quantitative estimate of drug-likeness (QED) is 0.316. The van der Waals surface area contributed by atoms with Gasteiger partial charge in [-0.05, 0) is 65.2 Å². The van der Waals surface area contributed by atoms with Crippen LogP contribution in [-0.2, 0) is 11.4 Å². The number of hydrogen-bond acceptors (Lipinski definition) is 5. The smallest absolute Gasteiger partial charge is 0.306 e. The first-order chi connectivity index (χ1) is 15.0.